The average molecular weight is 203 g/mol. The second kappa shape index (κ2) is 2.70. The number of hydrogen-bond donors (Lipinski definition) is 0. The minimum Gasteiger partial charge on any atom is -0.256 e. The molecule has 74 valence electrons. The van der Waals surface area contributed by atoms with E-state index in [4.69, 9.17) is 0 Å². The summed E-state index contributed by atoms with van der Waals surface area (Å²) >= 11 is 0. The number of nitrogens with zero attached hydrogens (tertiary/aromatic N) is 1. The molecule has 4 rings (SSSR count). The van der Waals surface area contributed by atoms with Crippen molar-refractivity contribution in [2.45, 2.75) is 0 Å². The normalized spacial score (nSPS) is 11.8. The number of aromatic nitrogens is 1. The van der Waals surface area contributed by atoms with Crippen LogP contribution < -0.4 is 0 Å². The molecule has 1 heterocycles. The standard InChI is InChI=1S/C15H9N/c1-2-10-4-5-12-8-9-16-13-7-6-11(3-1)14(10)15(12)13/h1-9H. The third kappa shape index (κ3) is 0.878. The van der Waals surface area contributed by atoms with Gasteiger partial charge in [-0.3, -0.25) is 4.98 Å². The van der Waals surface area contributed by atoms with E-state index in [9.17, 15) is 0 Å². The molecule has 0 spiro atoms. The van der Waals surface area contributed by atoms with Crippen LogP contribution in [0.15, 0.2) is 54.7 Å². The maximum Gasteiger partial charge on any atom is 0.0714 e. The van der Waals surface area contributed by atoms with Crippen LogP contribution in [0, 0.1) is 0 Å². The first-order valence-electron chi connectivity index (χ1n) is 5.42. The highest BCUT2D eigenvalue weighted by Crippen LogP contribution is 2.32. The van der Waals surface area contributed by atoms with E-state index in [0.29, 0.717) is 0 Å². The van der Waals surface area contributed by atoms with Crippen LogP contribution >= 0.6 is 0 Å². The van der Waals surface area contributed by atoms with Crippen LogP contribution in [0.2, 0.25) is 0 Å². The second-order valence-electron chi connectivity index (χ2n) is 4.14. The van der Waals surface area contributed by atoms with Crippen LogP contribution in [0.25, 0.3) is 32.4 Å². The van der Waals surface area contributed by atoms with Crippen LogP contribution in [0.1, 0.15) is 0 Å². The lowest BCUT2D eigenvalue weighted by Gasteiger charge is -2.08. The molecule has 0 amide bonds. The van der Waals surface area contributed by atoms with E-state index in [1.54, 1.807) is 0 Å². The summed E-state index contributed by atoms with van der Waals surface area (Å²) < 4.78 is 0. The van der Waals surface area contributed by atoms with Gasteiger partial charge in [0.05, 0.1) is 5.52 Å². The van der Waals surface area contributed by atoms with Crippen LogP contribution in [0.4, 0.5) is 0 Å². The molecule has 1 aromatic heterocycles. The first-order chi connectivity index (χ1) is 7.93. The van der Waals surface area contributed by atoms with E-state index < -0.39 is 0 Å². The Morgan fingerprint density at radius 1 is 0.625 bits per heavy atom. The van der Waals surface area contributed by atoms with Crippen LogP contribution in [-0.2, 0) is 0 Å². The van der Waals surface area contributed by atoms with Gasteiger partial charge < -0.3 is 0 Å². The second-order valence-corrected chi connectivity index (χ2v) is 4.14. The summed E-state index contributed by atoms with van der Waals surface area (Å²) in [6, 6.07) is 17.1. The Labute approximate surface area is 92.7 Å². The quantitative estimate of drug-likeness (QED) is 0.394. The predicted octanol–water partition coefficient (Wildman–Crippen LogP) is 3.98. The lowest BCUT2D eigenvalue weighted by atomic mass is 9.97. The van der Waals surface area contributed by atoms with Crippen LogP contribution in [0.3, 0.4) is 0 Å². The van der Waals surface area contributed by atoms with Gasteiger partial charge in [-0.15, -0.1) is 0 Å². The van der Waals surface area contributed by atoms with Gasteiger partial charge in [0.15, 0.2) is 0 Å². The molecule has 0 N–H and O–H groups in total. The Morgan fingerprint density at radius 2 is 1.31 bits per heavy atom. The molecule has 0 bridgehead atoms. The largest absolute Gasteiger partial charge is 0.256 e. The van der Waals surface area contributed by atoms with E-state index in [1.165, 1.54) is 26.9 Å². The van der Waals surface area contributed by atoms with E-state index in [0.717, 1.165) is 5.52 Å². The first kappa shape index (κ1) is 8.05. The summed E-state index contributed by atoms with van der Waals surface area (Å²) in [5, 5.41) is 6.49. The summed E-state index contributed by atoms with van der Waals surface area (Å²) in [5.74, 6) is 0. The molecule has 16 heavy (non-hydrogen) atoms. The Hall–Kier alpha value is -2.15. The molecule has 0 aliphatic rings. The van der Waals surface area contributed by atoms with Gasteiger partial charge in [0.2, 0.25) is 0 Å². The third-order valence-electron chi connectivity index (χ3n) is 3.25. The molecule has 0 aliphatic carbocycles. The highest BCUT2D eigenvalue weighted by molar-refractivity contribution is 6.21. The molecule has 0 fully saturated rings. The van der Waals surface area contributed by atoms with E-state index in [2.05, 4.69) is 53.5 Å². The monoisotopic (exact) mass is 203 g/mol. The minimum atomic E-state index is 1.09. The molecular weight excluding hydrogens is 194 g/mol. The van der Waals surface area contributed by atoms with Crippen molar-refractivity contribution in [1.29, 1.82) is 0 Å². The van der Waals surface area contributed by atoms with Crippen molar-refractivity contribution in [3.8, 4) is 0 Å². The van der Waals surface area contributed by atoms with Gasteiger partial charge >= 0.3 is 0 Å². The minimum absolute atomic E-state index is 1.09. The number of pyridine rings is 1. The highest BCUT2D eigenvalue weighted by Gasteiger charge is 2.06. The number of hydrogen-bond acceptors (Lipinski definition) is 1. The molecule has 1 nitrogen and oxygen atoms in total. The third-order valence-corrected chi connectivity index (χ3v) is 3.25. The zero-order valence-electron chi connectivity index (χ0n) is 8.64. The fourth-order valence-electron chi connectivity index (χ4n) is 2.53. The molecule has 0 atom stereocenters. The number of benzene rings is 3. The smallest absolute Gasteiger partial charge is 0.0714 e. The van der Waals surface area contributed by atoms with Gasteiger partial charge in [-0.25, -0.2) is 0 Å². The molecule has 0 aliphatic heterocycles. The van der Waals surface area contributed by atoms with Crippen molar-refractivity contribution in [2.75, 3.05) is 0 Å². The van der Waals surface area contributed by atoms with E-state index in [-0.39, 0.29) is 0 Å². The van der Waals surface area contributed by atoms with Gasteiger partial charge in [0.25, 0.3) is 0 Å². The van der Waals surface area contributed by atoms with Crippen molar-refractivity contribution in [2.24, 2.45) is 0 Å². The lowest BCUT2D eigenvalue weighted by Crippen LogP contribution is -1.84. The molecule has 3 aromatic carbocycles. The Kier molecular flexibility index (Phi) is 1.36. The molecule has 0 unspecified atom stereocenters. The summed E-state index contributed by atoms with van der Waals surface area (Å²) in [7, 11) is 0. The van der Waals surface area contributed by atoms with Crippen molar-refractivity contribution in [1.82, 2.24) is 4.98 Å². The molecule has 4 aromatic rings. The van der Waals surface area contributed by atoms with Gasteiger partial charge in [-0.1, -0.05) is 36.4 Å². The van der Waals surface area contributed by atoms with Gasteiger partial charge in [-0.05, 0) is 33.7 Å². The number of rotatable bonds is 0. The molecule has 0 saturated carbocycles. The molecule has 0 radical (unpaired) electrons. The lowest BCUT2D eigenvalue weighted by molar-refractivity contribution is 1.43. The van der Waals surface area contributed by atoms with Crippen molar-refractivity contribution in [3.05, 3.63) is 54.7 Å². The Balaban J connectivity index is 2.51. The van der Waals surface area contributed by atoms with Crippen molar-refractivity contribution in [3.63, 3.8) is 0 Å². The van der Waals surface area contributed by atoms with Gasteiger partial charge in [0.1, 0.15) is 0 Å². The maximum atomic E-state index is 4.43. The fourth-order valence-corrected chi connectivity index (χ4v) is 2.53. The first-order valence-corrected chi connectivity index (χ1v) is 5.42. The molecule has 0 saturated heterocycles. The summed E-state index contributed by atoms with van der Waals surface area (Å²) in [4.78, 5) is 4.43. The summed E-state index contributed by atoms with van der Waals surface area (Å²) in [6.07, 6.45) is 1.88. The summed E-state index contributed by atoms with van der Waals surface area (Å²) in [6.45, 7) is 0. The average Bonchev–Trinajstić information content (AvgIpc) is 2.36. The van der Waals surface area contributed by atoms with Crippen molar-refractivity contribution >= 4 is 32.4 Å². The van der Waals surface area contributed by atoms with Crippen LogP contribution in [-0.4, -0.2) is 4.98 Å². The van der Waals surface area contributed by atoms with Gasteiger partial charge in [0, 0.05) is 11.6 Å². The highest BCUT2D eigenvalue weighted by atomic mass is 14.6. The molecular formula is C15H9N. The van der Waals surface area contributed by atoms with E-state index >= 15 is 0 Å². The van der Waals surface area contributed by atoms with Gasteiger partial charge in [-0.2, -0.15) is 0 Å². The topological polar surface area (TPSA) is 12.9 Å². The SMILES string of the molecule is c1cc2ccc3ccnc4ccc(c1)c2c34. The Morgan fingerprint density at radius 3 is 2.12 bits per heavy atom. The Bertz CT molecular complexity index is 672. The van der Waals surface area contributed by atoms with E-state index in [1.807, 2.05) is 6.20 Å². The maximum absolute atomic E-state index is 4.43. The summed E-state index contributed by atoms with van der Waals surface area (Å²) in [5.41, 5.74) is 1.09. The zero-order valence-corrected chi connectivity index (χ0v) is 8.64. The fraction of sp³-hybridized carbons (Fsp3) is 0. The zero-order chi connectivity index (χ0) is 10.5. The van der Waals surface area contributed by atoms with Crippen molar-refractivity contribution < 1.29 is 0 Å². The molecule has 1 heteroatoms. The van der Waals surface area contributed by atoms with Crippen LogP contribution in [0.5, 0.6) is 0 Å². The predicted molar refractivity (Wildman–Crippen MR) is 67.9 cm³/mol.